The molecule has 1 aliphatic heterocycles. The number of nitrogens with two attached hydrogens (primary N) is 1. The highest BCUT2D eigenvalue weighted by Gasteiger charge is 2.27. The highest BCUT2D eigenvalue weighted by Crippen LogP contribution is 2.29. The van der Waals surface area contributed by atoms with Gasteiger partial charge in [-0.3, -0.25) is 4.90 Å². The molecule has 0 radical (unpaired) electrons. The van der Waals surface area contributed by atoms with Crippen LogP contribution in [-0.2, 0) is 6.54 Å². The van der Waals surface area contributed by atoms with E-state index >= 15 is 0 Å². The molecule has 0 spiro atoms. The lowest BCUT2D eigenvalue weighted by Crippen LogP contribution is -2.46. The largest absolute Gasteiger partial charge is 0.507 e. The van der Waals surface area contributed by atoms with Crippen LogP contribution in [0.3, 0.4) is 0 Å². The van der Waals surface area contributed by atoms with Gasteiger partial charge >= 0.3 is 0 Å². The highest BCUT2D eigenvalue weighted by atomic mass is 16.5. The molecule has 3 N–H and O–H groups in total. The molecule has 0 saturated carbocycles. The van der Waals surface area contributed by atoms with E-state index in [4.69, 9.17) is 10.5 Å². The van der Waals surface area contributed by atoms with E-state index < -0.39 is 0 Å². The predicted octanol–water partition coefficient (Wildman–Crippen LogP) is 2.35. The zero-order chi connectivity index (χ0) is 14.5. The maximum absolute atomic E-state index is 10.1. The molecule has 1 fully saturated rings. The summed E-state index contributed by atoms with van der Waals surface area (Å²) in [6.45, 7) is 4.76. The molecule has 4 nitrogen and oxygen atoms in total. The van der Waals surface area contributed by atoms with Gasteiger partial charge in [0.15, 0.2) is 0 Å². The normalized spacial score (nSPS) is 23.8. The molecule has 1 heterocycles. The van der Waals surface area contributed by atoms with Crippen molar-refractivity contribution in [3.63, 3.8) is 0 Å². The van der Waals surface area contributed by atoms with Gasteiger partial charge in [-0.15, -0.1) is 0 Å². The Hall–Kier alpha value is -1.26. The van der Waals surface area contributed by atoms with Crippen molar-refractivity contribution in [2.75, 3.05) is 20.2 Å². The summed E-state index contributed by atoms with van der Waals surface area (Å²) in [5.41, 5.74) is 6.87. The first kappa shape index (κ1) is 15.1. The first-order chi connectivity index (χ1) is 9.67. The van der Waals surface area contributed by atoms with Crippen LogP contribution < -0.4 is 10.5 Å². The molecule has 1 aliphatic rings. The van der Waals surface area contributed by atoms with Gasteiger partial charge in [0.1, 0.15) is 11.5 Å². The molecule has 4 heteroatoms. The second-order valence-corrected chi connectivity index (χ2v) is 5.65. The lowest BCUT2D eigenvalue weighted by atomic mass is 9.88. The van der Waals surface area contributed by atoms with Crippen molar-refractivity contribution in [3.8, 4) is 11.5 Å². The Labute approximate surface area is 121 Å². The Morgan fingerprint density at radius 1 is 1.45 bits per heavy atom. The van der Waals surface area contributed by atoms with Crippen molar-refractivity contribution in [3.05, 3.63) is 23.8 Å². The second kappa shape index (κ2) is 6.95. The first-order valence-electron chi connectivity index (χ1n) is 7.47. The summed E-state index contributed by atoms with van der Waals surface area (Å²) in [7, 11) is 1.61. The average molecular weight is 278 g/mol. The Morgan fingerprint density at radius 2 is 2.25 bits per heavy atom. The summed E-state index contributed by atoms with van der Waals surface area (Å²) in [6.07, 6.45) is 3.63. The average Bonchev–Trinajstić information content (AvgIpc) is 2.49. The van der Waals surface area contributed by atoms with E-state index in [0.29, 0.717) is 24.1 Å². The van der Waals surface area contributed by atoms with Gasteiger partial charge in [0, 0.05) is 30.8 Å². The fourth-order valence-corrected chi connectivity index (χ4v) is 3.03. The number of phenolic OH excluding ortho intramolecular Hbond substituents is 1. The molecule has 0 amide bonds. The van der Waals surface area contributed by atoms with Crippen molar-refractivity contribution in [1.29, 1.82) is 0 Å². The SMILES string of the molecule is CCC1CCN(Cc2ccc(OC)cc2O)C(CN)C1. The third kappa shape index (κ3) is 3.44. The molecule has 20 heavy (non-hydrogen) atoms. The molecule has 1 saturated heterocycles. The topological polar surface area (TPSA) is 58.7 Å². The predicted molar refractivity (Wildman–Crippen MR) is 80.9 cm³/mol. The summed E-state index contributed by atoms with van der Waals surface area (Å²) >= 11 is 0. The summed E-state index contributed by atoms with van der Waals surface area (Å²) < 4.78 is 5.12. The zero-order valence-corrected chi connectivity index (χ0v) is 12.5. The quantitative estimate of drug-likeness (QED) is 0.868. The molecular weight excluding hydrogens is 252 g/mol. The van der Waals surface area contributed by atoms with Crippen LogP contribution in [0.4, 0.5) is 0 Å². The van der Waals surface area contributed by atoms with Crippen molar-refractivity contribution in [2.24, 2.45) is 11.7 Å². The first-order valence-corrected chi connectivity index (χ1v) is 7.47. The molecular formula is C16H26N2O2. The third-order valence-corrected chi connectivity index (χ3v) is 4.46. The maximum Gasteiger partial charge on any atom is 0.123 e. The minimum Gasteiger partial charge on any atom is -0.507 e. The fourth-order valence-electron chi connectivity index (χ4n) is 3.03. The highest BCUT2D eigenvalue weighted by molar-refractivity contribution is 5.39. The Bertz CT molecular complexity index is 436. The van der Waals surface area contributed by atoms with Gasteiger partial charge in [-0.05, 0) is 31.4 Å². The van der Waals surface area contributed by atoms with E-state index in [-0.39, 0.29) is 0 Å². The van der Waals surface area contributed by atoms with Crippen LogP contribution in [0.25, 0.3) is 0 Å². The number of hydrogen-bond acceptors (Lipinski definition) is 4. The molecule has 112 valence electrons. The van der Waals surface area contributed by atoms with Gasteiger partial charge in [-0.1, -0.05) is 19.4 Å². The molecule has 0 bridgehead atoms. The van der Waals surface area contributed by atoms with Crippen molar-refractivity contribution >= 4 is 0 Å². The number of methoxy groups -OCH3 is 1. The van der Waals surface area contributed by atoms with E-state index in [1.165, 1.54) is 19.3 Å². The number of benzene rings is 1. The summed E-state index contributed by atoms with van der Waals surface area (Å²) in [5, 5.41) is 10.1. The van der Waals surface area contributed by atoms with Gasteiger partial charge in [0.05, 0.1) is 7.11 Å². The van der Waals surface area contributed by atoms with Crippen molar-refractivity contribution in [2.45, 2.75) is 38.8 Å². The standard InChI is InChI=1S/C16H26N2O2/c1-3-12-6-7-18(14(8-12)10-17)11-13-4-5-15(20-2)9-16(13)19/h4-5,9,12,14,19H,3,6-8,10-11,17H2,1-2H3. The molecule has 1 aromatic rings. The molecule has 2 atom stereocenters. The van der Waals surface area contributed by atoms with E-state index in [1.54, 1.807) is 13.2 Å². The van der Waals surface area contributed by atoms with Crippen molar-refractivity contribution in [1.82, 2.24) is 4.90 Å². The lowest BCUT2D eigenvalue weighted by Gasteiger charge is -2.39. The fraction of sp³-hybridized carbons (Fsp3) is 0.625. The summed E-state index contributed by atoms with van der Waals surface area (Å²) in [4.78, 5) is 2.40. The van der Waals surface area contributed by atoms with E-state index in [9.17, 15) is 5.11 Å². The van der Waals surface area contributed by atoms with Gasteiger partial charge < -0.3 is 15.6 Å². The number of piperidine rings is 1. The van der Waals surface area contributed by atoms with E-state index in [1.807, 2.05) is 12.1 Å². The number of rotatable bonds is 5. The minimum atomic E-state index is 0.303. The van der Waals surface area contributed by atoms with E-state index in [2.05, 4.69) is 11.8 Å². The summed E-state index contributed by atoms with van der Waals surface area (Å²) in [6, 6.07) is 5.93. The van der Waals surface area contributed by atoms with Crippen LogP contribution in [-0.4, -0.2) is 36.2 Å². The van der Waals surface area contributed by atoms with Gasteiger partial charge in [0.25, 0.3) is 0 Å². The van der Waals surface area contributed by atoms with E-state index in [0.717, 1.165) is 24.6 Å². The number of likely N-dealkylation sites (tertiary alicyclic amines) is 1. The Balaban J connectivity index is 2.05. The number of ether oxygens (including phenoxy) is 1. The van der Waals surface area contributed by atoms with Gasteiger partial charge in [-0.25, -0.2) is 0 Å². The van der Waals surface area contributed by atoms with Crippen LogP contribution in [0, 0.1) is 5.92 Å². The van der Waals surface area contributed by atoms with Crippen LogP contribution in [0.2, 0.25) is 0 Å². The molecule has 1 aromatic carbocycles. The molecule has 2 unspecified atom stereocenters. The maximum atomic E-state index is 10.1. The van der Waals surface area contributed by atoms with Gasteiger partial charge in [-0.2, -0.15) is 0 Å². The molecule has 0 aliphatic carbocycles. The number of nitrogens with zero attached hydrogens (tertiary/aromatic N) is 1. The minimum absolute atomic E-state index is 0.303. The number of hydrogen-bond donors (Lipinski definition) is 2. The number of aromatic hydroxyl groups is 1. The number of phenols is 1. The lowest BCUT2D eigenvalue weighted by molar-refractivity contribution is 0.106. The van der Waals surface area contributed by atoms with Gasteiger partial charge in [0.2, 0.25) is 0 Å². The van der Waals surface area contributed by atoms with Crippen LogP contribution in [0.1, 0.15) is 31.7 Å². The molecule has 0 aromatic heterocycles. The van der Waals surface area contributed by atoms with Crippen LogP contribution >= 0.6 is 0 Å². The van der Waals surface area contributed by atoms with Crippen LogP contribution in [0.15, 0.2) is 18.2 Å². The Kier molecular flexibility index (Phi) is 5.26. The zero-order valence-electron chi connectivity index (χ0n) is 12.5. The monoisotopic (exact) mass is 278 g/mol. The van der Waals surface area contributed by atoms with Crippen molar-refractivity contribution < 1.29 is 9.84 Å². The Morgan fingerprint density at radius 3 is 2.85 bits per heavy atom. The smallest absolute Gasteiger partial charge is 0.123 e. The molecule has 2 rings (SSSR count). The second-order valence-electron chi connectivity index (χ2n) is 5.65. The van der Waals surface area contributed by atoms with Crippen LogP contribution in [0.5, 0.6) is 11.5 Å². The third-order valence-electron chi connectivity index (χ3n) is 4.46. The summed E-state index contributed by atoms with van der Waals surface area (Å²) in [5.74, 6) is 1.79.